The molecule has 1 rings (SSSR count). The Balaban J connectivity index is 2.95. The summed E-state index contributed by atoms with van der Waals surface area (Å²) in [5, 5.41) is 0.765. The summed E-state index contributed by atoms with van der Waals surface area (Å²) >= 11 is 6.24. The van der Waals surface area contributed by atoms with Gasteiger partial charge in [-0.25, -0.2) is 0 Å². The summed E-state index contributed by atoms with van der Waals surface area (Å²) in [5.41, 5.74) is 2.09. The fraction of sp³-hybridized carbons (Fsp3) is 0.462. The molecule has 0 bridgehead atoms. The summed E-state index contributed by atoms with van der Waals surface area (Å²) in [6.45, 7) is 5.91. The van der Waals surface area contributed by atoms with E-state index in [0.717, 1.165) is 22.6 Å². The van der Waals surface area contributed by atoms with Gasteiger partial charge in [0.05, 0.1) is 0 Å². The van der Waals surface area contributed by atoms with Crippen LogP contribution in [0.1, 0.15) is 31.9 Å². The molecule has 0 saturated heterocycles. The highest BCUT2D eigenvalue weighted by Gasteiger charge is 2.08. The summed E-state index contributed by atoms with van der Waals surface area (Å²) in [6.07, 6.45) is 1.40. The molecule has 0 saturated carbocycles. The molecule has 15 heavy (non-hydrogen) atoms. The van der Waals surface area contributed by atoms with Crippen LogP contribution in [0, 0.1) is 5.92 Å². The Labute approximate surface area is 96.5 Å². The summed E-state index contributed by atoms with van der Waals surface area (Å²) in [6, 6.07) is 5.93. The lowest BCUT2D eigenvalue weighted by Gasteiger charge is -2.10. The topological polar surface area (TPSA) is 17.1 Å². The maximum absolute atomic E-state index is 11.0. The smallest absolute Gasteiger partial charge is 0.134 e. The SMILES string of the molecule is CC(=O)Cc1cccc(CC(C)C)c1Cl. The first-order valence-corrected chi connectivity index (χ1v) is 5.64. The minimum Gasteiger partial charge on any atom is -0.300 e. The minimum absolute atomic E-state index is 0.151. The van der Waals surface area contributed by atoms with Crippen LogP contribution in [-0.2, 0) is 17.6 Å². The number of rotatable bonds is 4. The van der Waals surface area contributed by atoms with Crippen molar-refractivity contribution in [3.8, 4) is 0 Å². The van der Waals surface area contributed by atoms with Gasteiger partial charge in [-0.05, 0) is 30.4 Å². The summed E-state index contributed by atoms with van der Waals surface area (Å²) in [4.78, 5) is 11.0. The van der Waals surface area contributed by atoms with E-state index in [1.165, 1.54) is 0 Å². The van der Waals surface area contributed by atoms with Crippen molar-refractivity contribution < 1.29 is 4.79 Å². The quantitative estimate of drug-likeness (QED) is 0.763. The second kappa shape index (κ2) is 5.32. The van der Waals surface area contributed by atoms with E-state index in [1.54, 1.807) is 6.92 Å². The molecule has 2 heteroatoms. The van der Waals surface area contributed by atoms with Crippen molar-refractivity contribution in [3.63, 3.8) is 0 Å². The normalized spacial score (nSPS) is 10.7. The molecular formula is C13H17ClO. The zero-order valence-electron chi connectivity index (χ0n) is 9.51. The molecule has 0 fully saturated rings. The number of benzene rings is 1. The van der Waals surface area contributed by atoms with E-state index in [4.69, 9.17) is 11.6 Å². The van der Waals surface area contributed by atoms with E-state index < -0.39 is 0 Å². The van der Waals surface area contributed by atoms with Gasteiger partial charge < -0.3 is 0 Å². The first kappa shape index (κ1) is 12.3. The van der Waals surface area contributed by atoms with Gasteiger partial charge in [0, 0.05) is 11.4 Å². The van der Waals surface area contributed by atoms with Crippen LogP contribution < -0.4 is 0 Å². The molecule has 0 amide bonds. The predicted octanol–water partition coefficient (Wildman–Crippen LogP) is 3.67. The molecule has 0 N–H and O–H groups in total. The standard InChI is InChI=1S/C13H17ClO/c1-9(2)7-11-5-4-6-12(13(11)14)8-10(3)15/h4-6,9H,7-8H2,1-3H3. The molecule has 0 spiro atoms. The van der Waals surface area contributed by atoms with Crippen molar-refractivity contribution in [1.29, 1.82) is 0 Å². The minimum atomic E-state index is 0.151. The van der Waals surface area contributed by atoms with Crippen LogP contribution in [0.2, 0.25) is 5.02 Å². The monoisotopic (exact) mass is 224 g/mol. The maximum Gasteiger partial charge on any atom is 0.134 e. The van der Waals surface area contributed by atoms with Crippen molar-refractivity contribution >= 4 is 17.4 Å². The van der Waals surface area contributed by atoms with E-state index in [2.05, 4.69) is 13.8 Å². The molecule has 0 radical (unpaired) electrons. The number of carbonyl (C=O) groups is 1. The molecule has 1 aromatic carbocycles. The first-order chi connectivity index (χ1) is 7.00. The number of hydrogen-bond acceptors (Lipinski definition) is 1. The van der Waals surface area contributed by atoms with Crippen molar-refractivity contribution in [2.24, 2.45) is 5.92 Å². The molecule has 82 valence electrons. The Morgan fingerprint density at radius 2 is 1.93 bits per heavy atom. The van der Waals surface area contributed by atoms with Crippen LogP contribution in [0.4, 0.5) is 0 Å². The van der Waals surface area contributed by atoms with Gasteiger partial charge in [0.15, 0.2) is 0 Å². The van der Waals surface area contributed by atoms with Gasteiger partial charge in [-0.2, -0.15) is 0 Å². The highest BCUT2D eigenvalue weighted by molar-refractivity contribution is 6.32. The summed E-state index contributed by atoms with van der Waals surface area (Å²) in [7, 11) is 0. The second-order valence-corrected chi connectivity index (χ2v) is 4.74. The Bertz CT molecular complexity index is 356. The average molecular weight is 225 g/mol. The van der Waals surface area contributed by atoms with Gasteiger partial charge >= 0.3 is 0 Å². The Morgan fingerprint density at radius 1 is 1.33 bits per heavy atom. The molecular weight excluding hydrogens is 208 g/mol. The molecule has 0 atom stereocenters. The molecule has 0 aliphatic carbocycles. The third kappa shape index (κ3) is 3.67. The maximum atomic E-state index is 11.0. The molecule has 0 aromatic heterocycles. The highest BCUT2D eigenvalue weighted by atomic mass is 35.5. The van der Waals surface area contributed by atoms with E-state index in [9.17, 15) is 4.79 Å². The zero-order valence-corrected chi connectivity index (χ0v) is 10.3. The Kier molecular flexibility index (Phi) is 4.34. The van der Waals surface area contributed by atoms with Crippen molar-refractivity contribution in [2.75, 3.05) is 0 Å². The molecule has 1 nitrogen and oxygen atoms in total. The highest BCUT2D eigenvalue weighted by Crippen LogP contribution is 2.24. The van der Waals surface area contributed by atoms with E-state index in [1.807, 2.05) is 18.2 Å². The predicted molar refractivity (Wildman–Crippen MR) is 64.4 cm³/mol. The second-order valence-electron chi connectivity index (χ2n) is 4.37. The number of ketones is 1. The third-order valence-corrected chi connectivity index (χ3v) is 2.71. The van der Waals surface area contributed by atoms with Gasteiger partial charge in [0.2, 0.25) is 0 Å². The lowest BCUT2D eigenvalue weighted by atomic mass is 9.99. The Hall–Kier alpha value is -0.820. The summed E-state index contributed by atoms with van der Waals surface area (Å²) < 4.78 is 0. The fourth-order valence-corrected chi connectivity index (χ4v) is 1.91. The van der Waals surface area contributed by atoms with Gasteiger partial charge in [-0.3, -0.25) is 4.79 Å². The van der Waals surface area contributed by atoms with E-state index >= 15 is 0 Å². The summed E-state index contributed by atoms with van der Waals surface area (Å²) in [5.74, 6) is 0.730. The first-order valence-electron chi connectivity index (χ1n) is 5.26. The third-order valence-electron chi connectivity index (χ3n) is 2.23. The van der Waals surface area contributed by atoms with Gasteiger partial charge in [-0.1, -0.05) is 43.6 Å². The van der Waals surface area contributed by atoms with Gasteiger partial charge in [-0.15, -0.1) is 0 Å². The van der Waals surface area contributed by atoms with Crippen LogP contribution in [0.5, 0.6) is 0 Å². The molecule has 0 aliphatic heterocycles. The zero-order chi connectivity index (χ0) is 11.4. The molecule has 1 aromatic rings. The lowest BCUT2D eigenvalue weighted by molar-refractivity contribution is -0.116. The van der Waals surface area contributed by atoms with Crippen LogP contribution >= 0.6 is 11.6 Å². The van der Waals surface area contributed by atoms with Crippen LogP contribution in [-0.4, -0.2) is 5.78 Å². The number of hydrogen-bond donors (Lipinski definition) is 0. The molecule has 0 unspecified atom stereocenters. The van der Waals surface area contributed by atoms with Gasteiger partial charge in [0.1, 0.15) is 5.78 Å². The molecule has 0 aliphatic rings. The van der Waals surface area contributed by atoms with Crippen molar-refractivity contribution in [3.05, 3.63) is 34.3 Å². The van der Waals surface area contributed by atoms with Crippen molar-refractivity contribution in [1.82, 2.24) is 0 Å². The van der Waals surface area contributed by atoms with Crippen LogP contribution in [0.3, 0.4) is 0 Å². The fourth-order valence-electron chi connectivity index (χ4n) is 1.64. The number of halogens is 1. The van der Waals surface area contributed by atoms with E-state index in [-0.39, 0.29) is 5.78 Å². The van der Waals surface area contributed by atoms with Crippen molar-refractivity contribution in [2.45, 2.75) is 33.6 Å². The number of carbonyl (C=O) groups excluding carboxylic acids is 1. The van der Waals surface area contributed by atoms with Crippen LogP contribution in [0.25, 0.3) is 0 Å². The number of Topliss-reactive ketones (excluding diaryl/α,β-unsaturated/α-hetero) is 1. The van der Waals surface area contributed by atoms with Crippen LogP contribution in [0.15, 0.2) is 18.2 Å². The van der Waals surface area contributed by atoms with Gasteiger partial charge in [0.25, 0.3) is 0 Å². The largest absolute Gasteiger partial charge is 0.300 e. The average Bonchev–Trinajstić information content (AvgIpc) is 2.10. The molecule has 0 heterocycles. The Morgan fingerprint density at radius 3 is 2.47 bits per heavy atom. The van der Waals surface area contributed by atoms with E-state index in [0.29, 0.717) is 12.3 Å². The lowest BCUT2D eigenvalue weighted by Crippen LogP contribution is -2.01.